The number of halogens is 2. The number of carbonyl (C=O) groups excluding carboxylic acids is 1. The van der Waals surface area contributed by atoms with E-state index in [-0.39, 0.29) is 39.0 Å². The van der Waals surface area contributed by atoms with Crippen LogP contribution >= 0.6 is 27.7 Å². The number of benzene rings is 1. The van der Waals surface area contributed by atoms with Gasteiger partial charge < -0.3 is 5.11 Å². The second kappa shape index (κ2) is 9.40. The molecule has 0 aliphatic carbocycles. The highest BCUT2D eigenvalue weighted by atomic mass is 79.9. The third-order valence-corrected chi connectivity index (χ3v) is 4.93. The third kappa shape index (κ3) is 6.69. The van der Waals surface area contributed by atoms with Gasteiger partial charge in [-0.1, -0.05) is 11.8 Å². The van der Waals surface area contributed by atoms with Gasteiger partial charge in [-0.3, -0.25) is 15.5 Å². The molecule has 27 heavy (non-hydrogen) atoms. The molecule has 0 spiro atoms. The van der Waals surface area contributed by atoms with Gasteiger partial charge in [-0.15, -0.1) is 0 Å². The number of nitrogens with one attached hydrogen (secondary N) is 1. The molecule has 146 valence electrons. The number of hydroxylamine groups is 1. The van der Waals surface area contributed by atoms with E-state index in [2.05, 4.69) is 35.9 Å². The Bertz CT molecular complexity index is 838. The lowest BCUT2D eigenvalue weighted by Crippen LogP contribution is -2.21. The van der Waals surface area contributed by atoms with E-state index in [1.54, 1.807) is 13.8 Å². The normalized spacial score (nSPS) is 12.3. The smallest absolute Gasteiger partial charge is 0.186 e. The predicted octanol–water partition coefficient (Wildman–Crippen LogP) is 3.24. The molecular formula is C16H18BrFN4O4S. The van der Waals surface area contributed by atoms with Crippen molar-refractivity contribution in [1.29, 1.82) is 0 Å². The Kier molecular flexibility index (Phi) is 7.48. The fourth-order valence-electron chi connectivity index (χ4n) is 1.90. The summed E-state index contributed by atoms with van der Waals surface area (Å²) in [6.45, 7) is 3.27. The Hall–Kier alpha value is -1.82. The number of nitrogens with zero attached hydrogens (tertiary/aromatic N) is 3. The number of hydrogen-bond acceptors (Lipinski definition) is 8. The van der Waals surface area contributed by atoms with Crippen LogP contribution in [0.25, 0.3) is 0 Å². The number of aliphatic imine (C=N–C) groups is 1. The highest BCUT2D eigenvalue weighted by Crippen LogP contribution is 2.25. The van der Waals surface area contributed by atoms with E-state index in [4.69, 9.17) is 0 Å². The molecule has 0 aliphatic rings. The second-order valence-electron chi connectivity index (χ2n) is 6.23. The van der Waals surface area contributed by atoms with Crippen molar-refractivity contribution < 1.29 is 24.1 Å². The molecule has 1 aromatic carbocycles. The molecule has 0 atom stereocenters. The Balaban J connectivity index is 2.10. The number of aromatic nitrogens is 2. The van der Waals surface area contributed by atoms with Crippen molar-refractivity contribution >= 4 is 45.0 Å². The van der Waals surface area contributed by atoms with Crippen molar-refractivity contribution in [2.45, 2.75) is 37.3 Å². The molecule has 0 radical (unpaired) electrons. The zero-order valence-corrected chi connectivity index (χ0v) is 17.0. The van der Waals surface area contributed by atoms with E-state index in [1.165, 1.54) is 18.2 Å². The minimum absolute atomic E-state index is 0.0683. The van der Waals surface area contributed by atoms with Crippen LogP contribution in [-0.2, 0) is 4.79 Å². The van der Waals surface area contributed by atoms with Gasteiger partial charge >= 0.3 is 0 Å². The summed E-state index contributed by atoms with van der Waals surface area (Å²) in [5.74, 6) is -0.496. The molecule has 0 unspecified atom stereocenters. The summed E-state index contributed by atoms with van der Waals surface area (Å²) >= 11 is 4.13. The van der Waals surface area contributed by atoms with Gasteiger partial charge in [-0.2, -0.15) is 0 Å². The van der Waals surface area contributed by atoms with Gasteiger partial charge in [0.15, 0.2) is 16.6 Å². The molecule has 3 N–H and O–H groups in total. The largest absolute Gasteiger partial charge is 0.390 e. The highest BCUT2D eigenvalue weighted by molar-refractivity contribution is 9.10. The number of amidine groups is 1. The van der Waals surface area contributed by atoms with Gasteiger partial charge in [-0.25, -0.2) is 14.0 Å². The summed E-state index contributed by atoms with van der Waals surface area (Å²) in [6, 6.07) is 4.06. The first-order valence-electron chi connectivity index (χ1n) is 7.83. The fraction of sp³-hybridized carbons (Fsp3) is 0.375. The van der Waals surface area contributed by atoms with E-state index in [1.807, 2.05) is 5.48 Å². The van der Waals surface area contributed by atoms with Crippen LogP contribution in [0.2, 0.25) is 0 Å². The van der Waals surface area contributed by atoms with Crippen LogP contribution in [0.1, 0.15) is 32.4 Å². The summed E-state index contributed by atoms with van der Waals surface area (Å²) in [6.07, 6.45) is 0.570. The van der Waals surface area contributed by atoms with Crippen molar-refractivity contribution in [2.24, 2.45) is 4.99 Å². The van der Waals surface area contributed by atoms with Crippen LogP contribution in [0.5, 0.6) is 0 Å². The summed E-state index contributed by atoms with van der Waals surface area (Å²) in [4.78, 5) is 16.1. The molecule has 11 heteroatoms. The summed E-state index contributed by atoms with van der Waals surface area (Å²) in [5, 5.41) is 26.7. The average Bonchev–Trinajstić information content (AvgIpc) is 3.07. The lowest BCUT2D eigenvalue weighted by molar-refractivity contribution is -0.117. The van der Waals surface area contributed by atoms with Crippen LogP contribution in [-0.4, -0.2) is 43.6 Å². The molecule has 1 aromatic heterocycles. The van der Waals surface area contributed by atoms with Crippen molar-refractivity contribution in [3.8, 4) is 0 Å². The summed E-state index contributed by atoms with van der Waals surface area (Å²) < 4.78 is 18.2. The maximum atomic E-state index is 13.3. The molecule has 2 rings (SSSR count). The second-order valence-corrected chi connectivity index (χ2v) is 8.05. The SMILES string of the molecule is CC(C)(O)CCC(=O)CSc1nonc1C(=Nc1ccc(F)c(Br)c1)NO. The lowest BCUT2D eigenvalue weighted by atomic mass is 10.0. The standard InChI is InChI=1S/C16H18BrFN4O4S/c1-16(2,24)6-5-10(23)8-27-15-13(21-26-22-15)14(20-25)19-9-3-4-12(18)11(17)7-9/h3-4,7,24-25H,5-6,8H2,1-2H3,(H,19,20). The molecule has 0 bridgehead atoms. The number of ketones is 1. The number of aliphatic hydroxyl groups is 1. The quantitative estimate of drug-likeness (QED) is 0.237. The van der Waals surface area contributed by atoms with Crippen LogP contribution < -0.4 is 5.48 Å². The molecule has 0 saturated heterocycles. The van der Waals surface area contributed by atoms with E-state index >= 15 is 0 Å². The van der Waals surface area contributed by atoms with Gasteiger partial charge in [0.2, 0.25) is 0 Å². The number of thioether (sulfide) groups is 1. The van der Waals surface area contributed by atoms with E-state index in [0.29, 0.717) is 12.1 Å². The van der Waals surface area contributed by atoms with Gasteiger partial charge in [-0.05, 0) is 64.7 Å². The van der Waals surface area contributed by atoms with Crippen LogP contribution in [0, 0.1) is 5.82 Å². The Morgan fingerprint density at radius 3 is 2.81 bits per heavy atom. The minimum atomic E-state index is -0.912. The molecule has 0 fully saturated rings. The third-order valence-electron chi connectivity index (χ3n) is 3.32. The number of Topliss-reactive ketones (excluding diaryl/α,β-unsaturated/α-hetero) is 1. The molecular weight excluding hydrogens is 443 g/mol. The highest BCUT2D eigenvalue weighted by Gasteiger charge is 2.20. The molecule has 8 nitrogen and oxygen atoms in total. The first kappa shape index (κ1) is 21.5. The topological polar surface area (TPSA) is 121 Å². The lowest BCUT2D eigenvalue weighted by Gasteiger charge is -2.15. The average molecular weight is 461 g/mol. The Labute approximate surface area is 167 Å². The van der Waals surface area contributed by atoms with Gasteiger partial charge in [0, 0.05) is 6.42 Å². The first-order chi connectivity index (χ1) is 12.7. The van der Waals surface area contributed by atoms with Crippen molar-refractivity contribution in [3.05, 3.63) is 34.2 Å². The van der Waals surface area contributed by atoms with Crippen LogP contribution in [0.15, 0.2) is 37.3 Å². The number of hydrogen-bond donors (Lipinski definition) is 3. The van der Waals surface area contributed by atoms with Crippen molar-refractivity contribution in [1.82, 2.24) is 15.8 Å². The number of carbonyl (C=O) groups is 1. The zero-order chi connectivity index (χ0) is 20.0. The minimum Gasteiger partial charge on any atom is -0.390 e. The van der Waals surface area contributed by atoms with E-state index in [9.17, 15) is 19.5 Å². The Morgan fingerprint density at radius 2 is 2.19 bits per heavy atom. The van der Waals surface area contributed by atoms with Crippen molar-refractivity contribution in [3.63, 3.8) is 0 Å². The van der Waals surface area contributed by atoms with E-state index < -0.39 is 11.4 Å². The van der Waals surface area contributed by atoms with Gasteiger partial charge in [0.1, 0.15) is 11.6 Å². The van der Waals surface area contributed by atoms with Crippen LogP contribution in [0.4, 0.5) is 10.1 Å². The van der Waals surface area contributed by atoms with Crippen molar-refractivity contribution in [2.75, 3.05) is 5.75 Å². The molecule has 1 heterocycles. The fourth-order valence-corrected chi connectivity index (χ4v) is 3.07. The summed E-state index contributed by atoms with van der Waals surface area (Å²) in [5.41, 5.74) is 1.45. The number of rotatable bonds is 8. The molecule has 0 aliphatic heterocycles. The first-order valence-corrected chi connectivity index (χ1v) is 9.61. The van der Waals surface area contributed by atoms with Gasteiger partial charge in [0.05, 0.1) is 21.5 Å². The Morgan fingerprint density at radius 1 is 1.44 bits per heavy atom. The maximum Gasteiger partial charge on any atom is 0.186 e. The monoisotopic (exact) mass is 460 g/mol. The molecule has 0 amide bonds. The van der Waals surface area contributed by atoms with Crippen LogP contribution in [0.3, 0.4) is 0 Å². The molecule has 2 aromatic rings. The maximum absolute atomic E-state index is 13.3. The van der Waals surface area contributed by atoms with E-state index in [0.717, 1.165) is 11.8 Å². The zero-order valence-electron chi connectivity index (χ0n) is 14.6. The summed E-state index contributed by atoms with van der Waals surface area (Å²) in [7, 11) is 0. The predicted molar refractivity (Wildman–Crippen MR) is 101 cm³/mol. The molecule has 0 saturated carbocycles. The van der Waals surface area contributed by atoms with Gasteiger partial charge in [0.25, 0.3) is 0 Å².